The molecule has 0 saturated heterocycles. The van der Waals surface area contributed by atoms with Gasteiger partial charge in [-0.3, -0.25) is 14.4 Å². The third kappa shape index (κ3) is 3.26. The molecule has 0 spiro atoms. The Kier molecular flexibility index (Phi) is 4.54. The van der Waals surface area contributed by atoms with Gasteiger partial charge in [-0.05, 0) is 30.5 Å². The largest absolute Gasteiger partial charge is 0.493 e. The summed E-state index contributed by atoms with van der Waals surface area (Å²) in [5.74, 6) is 0.00608. The molecule has 0 saturated carbocycles. The SMILES string of the molecule is CCc1cccc2c1N=CC2=Cc1sc(=O)n(Cc2ccc(C)cc2)c1O. The van der Waals surface area contributed by atoms with Crippen LogP contribution in [0.5, 0.6) is 5.88 Å². The summed E-state index contributed by atoms with van der Waals surface area (Å²) in [6.45, 7) is 4.48. The average Bonchev–Trinajstić information content (AvgIpc) is 3.20. The van der Waals surface area contributed by atoms with Crippen molar-refractivity contribution in [3.05, 3.63) is 79.3 Å². The van der Waals surface area contributed by atoms with Crippen LogP contribution in [0.25, 0.3) is 11.6 Å². The Morgan fingerprint density at radius 2 is 1.96 bits per heavy atom. The van der Waals surface area contributed by atoms with Crippen molar-refractivity contribution in [1.29, 1.82) is 0 Å². The second kappa shape index (κ2) is 7.00. The Morgan fingerprint density at radius 1 is 1.19 bits per heavy atom. The first-order valence-electron chi connectivity index (χ1n) is 8.93. The third-order valence-electron chi connectivity index (χ3n) is 4.79. The van der Waals surface area contributed by atoms with Gasteiger partial charge in [-0.1, -0.05) is 66.3 Å². The van der Waals surface area contributed by atoms with Crippen LogP contribution < -0.4 is 4.87 Å². The third-order valence-corrected chi connectivity index (χ3v) is 5.70. The fourth-order valence-corrected chi connectivity index (χ4v) is 4.08. The van der Waals surface area contributed by atoms with Crippen molar-refractivity contribution in [3.8, 4) is 5.88 Å². The minimum absolute atomic E-state index is 0.00608. The lowest BCUT2D eigenvalue weighted by molar-refractivity contribution is 0.420. The van der Waals surface area contributed by atoms with Gasteiger partial charge in [0.15, 0.2) is 0 Å². The standard InChI is InChI=1S/C22H20N2O2S/c1-3-16-5-4-6-18-17(12-23-20(16)18)11-19-21(25)24(22(26)27-19)13-15-9-7-14(2)8-10-15/h4-12,25H,3,13H2,1-2H3. The lowest BCUT2D eigenvalue weighted by atomic mass is 10.0. The summed E-state index contributed by atoms with van der Waals surface area (Å²) >= 11 is 1.05. The van der Waals surface area contributed by atoms with Gasteiger partial charge in [0.1, 0.15) is 0 Å². The maximum atomic E-state index is 12.4. The molecule has 1 aromatic heterocycles. The maximum Gasteiger partial charge on any atom is 0.310 e. The van der Waals surface area contributed by atoms with E-state index >= 15 is 0 Å². The van der Waals surface area contributed by atoms with E-state index in [4.69, 9.17) is 0 Å². The number of fused-ring (bicyclic) bond motifs is 1. The van der Waals surface area contributed by atoms with Crippen LogP contribution in [0.3, 0.4) is 0 Å². The smallest absolute Gasteiger partial charge is 0.310 e. The molecule has 0 bridgehead atoms. The number of aromatic nitrogens is 1. The number of benzene rings is 2. The Balaban J connectivity index is 1.69. The van der Waals surface area contributed by atoms with Gasteiger partial charge >= 0.3 is 4.87 Å². The second-order valence-corrected chi connectivity index (χ2v) is 7.65. The molecule has 136 valence electrons. The monoisotopic (exact) mass is 376 g/mol. The molecule has 5 heteroatoms. The van der Waals surface area contributed by atoms with E-state index in [1.165, 1.54) is 10.1 Å². The molecule has 3 aromatic rings. The molecule has 0 fully saturated rings. The van der Waals surface area contributed by atoms with Crippen LogP contribution in [0.1, 0.15) is 34.1 Å². The van der Waals surface area contributed by atoms with Gasteiger partial charge < -0.3 is 5.11 Å². The van der Waals surface area contributed by atoms with Crippen LogP contribution in [0.2, 0.25) is 0 Å². The van der Waals surface area contributed by atoms with Crippen LogP contribution in [-0.2, 0) is 13.0 Å². The normalized spacial score (nSPS) is 14.1. The van der Waals surface area contributed by atoms with E-state index in [2.05, 4.69) is 18.0 Å². The molecule has 0 aliphatic carbocycles. The summed E-state index contributed by atoms with van der Waals surface area (Å²) in [5.41, 5.74) is 6.28. The fourth-order valence-electron chi connectivity index (χ4n) is 3.25. The van der Waals surface area contributed by atoms with Crippen molar-refractivity contribution >= 4 is 34.9 Å². The number of aromatic hydroxyl groups is 1. The molecule has 4 rings (SSSR count). The van der Waals surface area contributed by atoms with Gasteiger partial charge in [0.25, 0.3) is 0 Å². The van der Waals surface area contributed by atoms with E-state index in [-0.39, 0.29) is 10.8 Å². The van der Waals surface area contributed by atoms with Crippen LogP contribution in [0.4, 0.5) is 5.69 Å². The number of hydrogen-bond donors (Lipinski definition) is 1. The van der Waals surface area contributed by atoms with E-state index < -0.39 is 0 Å². The summed E-state index contributed by atoms with van der Waals surface area (Å²) in [7, 11) is 0. The molecule has 4 nitrogen and oxygen atoms in total. The van der Waals surface area contributed by atoms with E-state index in [0.717, 1.165) is 45.7 Å². The first-order chi connectivity index (χ1) is 13.1. The number of para-hydroxylation sites is 1. The van der Waals surface area contributed by atoms with Crippen molar-refractivity contribution in [2.75, 3.05) is 0 Å². The van der Waals surface area contributed by atoms with Crippen LogP contribution in [-0.4, -0.2) is 15.9 Å². The topological polar surface area (TPSA) is 54.6 Å². The highest BCUT2D eigenvalue weighted by Crippen LogP contribution is 2.37. The molecule has 27 heavy (non-hydrogen) atoms. The number of hydrogen-bond acceptors (Lipinski definition) is 4. The number of allylic oxidation sites excluding steroid dienone is 1. The number of rotatable bonds is 4. The van der Waals surface area contributed by atoms with Crippen molar-refractivity contribution in [3.63, 3.8) is 0 Å². The molecule has 0 amide bonds. The Labute approximate surface area is 161 Å². The van der Waals surface area contributed by atoms with E-state index in [0.29, 0.717) is 11.4 Å². The molecule has 0 radical (unpaired) electrons. The molecule has 1 N–H and O–H groups in total. The van der Waals surface area contributed by atoms with Crippen molar-refractivity contribution in [1.82, 2.24) is 4.57 Å². The zero-order valence-electron chi connectivity index (χ0n) is 15.3. The summed E-state index contributed by atoms with van der Waals surface area (Å²) in [6.07, 6.45) is 4.57. The highest BCUT2D eigenvalue weighted by molar-refractivity contribution is 7.10. The molecule has 2 aromatic carbocycles. The molecule has 0 atom stereocenters. The molecule has 0 unspecified atom stereocenters. The van der Waals surface area contributed by atoms with Gasteiger partial charge in [0.2, 0.25) is 5.88 Å². The lowest BCUT2D eigenvalue weighted by Gasteiger charge is -2.05. The number of nitrogens with zero attached hydrogens (tertiary/aromatic N) is 2. The Morgan fingerprint density at radius 3 is 2.70 bits per heavy atom. The summed E-state index contributed by atoms with van der Waals surface area (Å²) in [6, 6.07) is 14.1. The van der Waals surface area contributed by atoms with Crippen LogP contribution in [0, 0.1) is 6.92 Å². The Bertz CT molecular complexity index is 1120. The Hall–Kier alpha value is -2.92. The molecular formula is C22H20N2O2S. The minimum Gasteiger partial charge on any atom is -0.493 e. The summed E-state index contributed by atoms with van der Waals surface area (Å²) in [5, 5.41) is 10.6. The second-order valence-electron chi connectivity index (χ2n) is 6.65. The predicted octanol–water partition coefficient (Wildman–Crippen LogP) is 4.79. The lowest BCUT2D eigenvalue weighted by Crippen LogP contribution is -2.13. The van der Waals surface area contributed by atoms with Crippen LogP contribution in [0.15, 0.2) is 52.3 Å². The molecular weight excluding hydrogens is 356 g/mol. The van der Waals surface area contributed by atoms with Crippen molar-refractivity contribution in [2.24, 2.45) is 4.99 Å². The minimum atomic E-state index is -0.169. The predicted molar refractivity (Wildman–Crippen MR) is 112 cm³/mol. The molecule has 1 aliphatic heterocycles. The van der Waals surface area contributed by atoms with E-state index in [1.807, 2.05) is 49.4 Å². The van der Waals surface area contributed by atoms with Crippen LogP contribution >= 0.6 is 11.3 Å². The van der Waals surface area contributed by atoms with Crippen molar-refractivity contribution in [2.45, 2.75) is 26.8 Å². The fraction of sp³-hybridized carbons (Fsp3) is 0.182. The molecule has 2 heterocycles. The zero-order valence-corrected chi connectivity index (χ0v) is 16.1. The van der Waals surface area contributed by atoms with Gasteiger partial charge in [0.05, 0.1) is 17.1 Å². The highest BCUT2D eigenvalue weighted by Gasteiger charge is 2.18. The first-order valence-corrected chi connectivity index (χ1v) is 9.74. The van der Waals surface area contributed by atoms with Gasteiger partial charge in [0, 0.05) is 17.4 Å². The maximum absolute atomic E-state index is 12.4. The first kappa shape index (κ1) is 17.5. The molecule has 1 aliphatic rings. The quantitative estimate of drug-likeness (QED) is 0.712. The number of aliphatic imine (C=N–C) groups is 1. The summed E-state index contributed by atoms with van der Waals surface area (Å²) in [4.78, 5) is 17.3. The number of thiazole rings is 1. The van der Waals surface area contributed by atoms with Gasteiger partial charge in [-0.25, -0.2) is 0 Å². The van der Waals surface area contributed by atoms with Gasteiger partial charge in [-0.2, -0.15) is 0 Å². The van der Waals surface area contributed by atoms with E-state index in [1.54, 1.807) is 6.21 Å². The number of aryl methyl sites for hydroxylation is 2. The average molecular weight is 376 g/mol. The van der Waals surface area contributed by atoms with Crippen molar-refractivity contribution < 1.29 is 5.11 Å². The van der Waals surface area contributed by atoms with E-state index in [9.17, 15) is 9.90 Å². The highest BCUT2D eigenvalue weighted by atomic mass is 32.1. The zero-order chi connectivity index (χ0) is 19.0. The van der Waals surface area contributed by atoms with Gasteiger partial charge in [-0.15, -0.1) is 0 Å². The summed E-state index contributed by atoms with van der Waals surface area (Å²) < 4.78 is 1.41.